The van der Waals surface area contributed by atoms with E-state index >= 15 is 0 Å². The Morgan fingerprint density at radius 3 is 2.50 bits per heavy atom. The van der Waals surface area contributed by atoms with Gasteiger partial charge in [0, 0.05) is 18.8 Å². The van der Waals surface area contributed by atoms with Crippen LogP contribution >= 0.6 is 0 Å². The quantitative estimate of drug-likeness (QED) is 0.429. The zero-order valence-corrected chi connectivity index (χ0v) is 21.8. The van der Waals surface area contributed by atoms with Crippen molar-refractivity contribution >= 4 is 0 Å². The molecule has 6 atom stereocenters. The summed E-state index contributed by atoms with van der Waals surface area (Å²) in [7, 11) is 0. The monoisotopic (exact) mass is 457 g/mol. The molecule has 4 aliphatic carbocycles. The molecule has 0 N–H and O–H groups in total. The first-order chi connectivity index (χ1) is 16.7. The first-order valence-electron chi connectivity index (χ1n) is 14.9. The molecule has 1 saturated heterocycles. The Balaban J connectivity index is 1.22. The number of hydrogen-bond acceptors (Lipinski definition) is 1. The summed E-state index contributed by atoms with van der Waals surface area (Å²) in [5, 5.41) is 0. The van der Waals surface area contributed by atoms with Crippen molar-refractivity contribution in [2.75, 3.05) is 13.1 Å². The molecular formula is C33H47N. The molecule has 34 heavy (non-hydrogen) atoms. The number of piperidine rings is 1. The van der Waals surface area contributed by atoms with Crippen LogP contribution in [0.4, 0.5) is 0 Å². The third kappa shape index (κ3) is 4.42. The van der Waals surface area contributed by atoms with Crippen LogP contribution in [0.3, 0.4) is 0 Å². The largest absolute Gasteiger partial charge is 0.372 e. The summed E-state index contributed by atoms with van der Waals surface area (Å²) < 4.78 is 0. The van der Waals surface area contributed by atoms with E-state index in [1.807, 2.05) is 0 Å². The van der Waals surface area contributed by atoms with Gasteiger partial charge in [0.05, 0.1) is 0 Å². The second kappa shape index (κ2) is 9.87. The molecule has 0 bridgehead atoms. The maximum atomic E-state index is 2.70. The van der Waals surface area contributed by atoms with Gasteiger partial charge in [-0.05, 0) is 96.7 Å². The van der Waals surface area contributed by atoms with Crippen LogP contribution in [0.1, 0.15) is 95.1 Å². The van der Waals surface area contributed by atoms with E-state index < -0.39 is 0 Å². The van der Waals surface area contributed by atoms with Gasteiger partial charge in [-0.15, -0.1) is 0 Å². The highest BCUT2D eigenvalue weighted by Crippen LogP contribution is 2.60. The number of hydrogen-bond donors (Lipinski definition) is 0. The Bertz CT molecular complexity index is 897. The molecule has 1 aliphatic heterocycles. The van der Waals surface area contributed by atoms with Crippen LogP contribution in [0, 0.1) is 41.4 Å². The first-order valence-corrected chi connectivity index (χ1v) is 14.9. The average Bonchev–Trinajstić information content (AvgIpc) is 3.67. The predicted molar refractivity (Wildman–Crippen MR) is 144 cm³/mol. The standard InChI is InChI=1S/C33H47N/c1-3-23(2)24-17-19-34(20-18-24)29-15-13-26(14-16-29)32-30-12-8-7-11-27(30)21-28-22-31(28)33(32)25-9-5-4-6-10-25/h7-8,11-13,15-16,23-26,28,31-33H,3-6,9-10,14,17-22H2,1-2H3/t23?,26?,28?,31?,32-,33-/m1/s1. The fourth-order valence-corrected chi connectivity index (χ4v) is 8.64. The molecular weight excluding hydrogens is 410 g/mol. The molecule has 2 saturated carbocycles. The smallest absolute Gasteiger partial charge is 0.0322 e. The number of benzene rings is 1. The molecule has 3 fully saturated rings. The number of fused-ring (bicyclic) bond motifs is 2. The minimum absolute atomic E-state index is 0.689. The van der Waals surface area contributed by atoms with Crippen molar-refractivity contribution in [2.45, 2.75) is 90.4 Å². The molecule has 1 heterocycles. The highest BCUT2D eigenvalue weighted by Gasteiger charge is 2.52. The molecule has 1 heteroatoms. The molecule has 4 unspecified atom stereocenters. The van der Waals surface area contributed by atoms with Crippen LogP contribution in [0.5, 0.6) is 0 Å². The van der Waals surface area contributed by atoms with E-state index in [1.54, 1.807) is 11.1 Å². The van der Waals surface area contributed by atoms with Gasteiger partial charge < -0.3 is 4.90 Å². The van der Waals surface area contributed by atoms with Crippen molar-refractivity contribution in [3.05, 3.63) is 59.3 Å². The second-order valence-electron chi connectivity index (χ2n) is 12.7. The Morgan fingerprint density at radius 1 is 0.971 bits per heavy atom. The molecule has 6 rings (SSSR count). The zero-order chi connectivity index (χ0) is 23.1. The van der Waals surface area contributed by atoms with Crippen molar-refractivity contribution < 1.29 is 0 Å². The van der Waals surface area contributed by atoms with Crippen LogP contribution in [0.2, 0.25) is 0 Å². The summed E-state index contributed by atoms with van der Waals surface area (Å²) in [6.07, 6.45) is 23.4. The molecule has 1 aromatic carbocycles. The van der Waals surface area contributed by atoms with Gasteiger partial charge in [-0.3, -0.25) is 0 Å². The van der Waals surface area contributed by atoms with Crippen LogP contribution in [-0.2, 0) is 6.42 Å². The van der Waals surface area contributed by atoms with E-state index in [-0.39, 0.29) is 0 Å². The average molecular weight is 458 g/mol. The summed E-state index contributed by atoms with van der Waals surface area (Å²) in [5.41, 5.74) is 4.94. The van der Waals surface area contributed by atoms with Gasteiger partial charge in [-0.1, -0.05) is 88.8 Å². The van der Waals surface area contributed by atoms with Gasteiger partial charge in [0.25, 0.3) is 0 Å². The molecule has 5 aliphatic rings. The fraction of sp³-hybridized carbons (Fsp3) is 0.697. The summed E-state index contributed by atoms with van der Waals surface area (Å²) in [6, 6.07) is 9.62. The maximum Gasteiger partial charge on any atom is 0.0322 e. The van der Waals surface area contributed by atoms with Crippen molar-refractivity contribution in [2.24, 2.45) is 41.4 Å². The minimum atomic E-state index is 0.689. The van der Waals surface area contributed by atoms with Crippen LogP contribution in [0.15, 0.2) is 48.2 Å². The topological polar surface area (TPSA) is 3.24 Å². The lowest BCUT2D eigenvalue weighted by Gasteiger charge is -2.41. The van der Waals surface area contributed by atoms with E-state index in [9.17, 15) is 0 Å². The molecule has 0 amide bonds. The Morgan fingerprint density at radius 2 is 1.76 bits per heavy atom. The van der Waals surface area contributed by atoms with Gasteiger partial charge in [0.15, 0.2) is 0 Å². The Labute approximate surface area is 209 Å². The number of rotatable bonds is 5. The predicted octanol–water partition coefficient (Wildman–Crippen LogP) is 8.38. The van der Waals surface area contributed by atoms with Crippen LogP contribution in [-0.4, -0.2) is 18.0 Å². The summed E-state index contributed by atoms with van der Waals surface area (Å²) in [5.74, 6) is 7.12. The highest BCUT2D eigenvalue weighted by molar-refractivity contribution is 5.38. The van der Waals surface area contributed by atoms with E-state index in [2.05, 4.69) is 61.2 Å². The van der Waals surface area contributed by atoms with E-state index in [0.29, 0.717) is 5.92 Å². The van der Waals surface area contributed by atoms with Crippen molar-refractivity contribution in [3.8, 4) is 0 Å². The van der Waals surface area contributed by atoms with Crippen LogP contribution < -0.4 is 0 Å². The van der Waals surface area contributed by atoms with E-state index in [1.165, 1.54) is 89.4 Å². The fourth-order valence-electron chi connectivity index (χ4n) is 8.64. The van der Waals surface area contributed by atoms with Gasteiger partial charge in [-0.25, -0.2) is 0 Å². The van der Waals surface area contributed by atoms with Crippen molar-refractivity contribution in [3.63, 3.8) is 0 Å². The molecule has 184 valence electrons. The lowest BCUT2D eigenvalue weighted by Crippen LogP contribution is -2.35. The van der Waals surface area contributed by atoms with E-state index in [4.69, 9.17) is 0 Å². The minimum Gasteiger partial charge on any atom is -0.372 e. The Kier molecular flexibility index (Phi) is 6.65. The van der Waals surface area contributed by atoms with Gasteiger partial charge in [-0.2, -0.15) is 0 Å². The lowest BCUT2D eigenvalue weighted by molar-refractivity contribution is 0.163. The van der Waals surface area contributed by atoms with E-state index in [0.717, 1.165) is 41.4 Å². The highest BCUT2D eigenvalue weighted by atomic mass is 15.1. The SMILES string of the molecule is CCC(C)C1CCN(C2=CCC([C@@H]3c4ccccc4CC4CC4[C@H]3C3CCCCC3)C=C2)CC1. The molecule has 0 aromatic heterocycles. The Hall–Kier alpha value is -1.50. The van der Waals surface area contributed by atoms with Crippen LogP contribution in [0.25, 0.3) is 0 Å². The van der Waals surface area contributed by atoms with Gasteiger partial charge in [0.2, 0.25) is 0 Å². The number of allylic oxidation sites excluding steroid dienone is 3. The molecule has 1 nitrogen and oxygen atoms in total. The van der Waals surface area contributed by atoms with Gasteiger partial charge in [0.1, 0.15) is 0 Å². The molecule has 0 radical (unpaired) electrons. The number of nitrogens with zero attached hydrogens (tertiary/aromatic N) is 1. The summed E-state index contributed by atoms with van der Waals surface area (Å²) >= 11 is 0. The third-order valence-electron chi connectivity index (χ3n) is 10.9. The van der Waals surface area contributed by atoms with Crippen molar-refractivity contribution in [1.29, 1.82) is 0 Å². The molecule has 0 spiro atoms. The zero-order valence-electron chi connectivity index (χ0n) is 21.8. The van der Waals surface area contributed by atoms with Gasteiger partial charge >= 0.3 is 0 Å². The normalized spacial score (nSPS) is 35.2. The third-order valence-corrected chi connectivity index (χ3v) is 10.9. The molecule has 1 aromatic rings. The lowest BCUT2D eigenvalue weighted by atomic mass is 9.64. The maximum absolute atomic E-state index is 2.70. The second-order valence-corrected chi connectivity index (χ2v) is 12.7. The number of likely N-dealkylation sites (tertiary alicyclic amines) is 1. The summed E-state index contributed by atoms with van der Waals surface area (Å²) in [6.45, 7) is 7.34. The first kappa shape index (κ1) is 22.9. The summed E-state index contributed by atoms with van der Waals surface area (Å²) in [4.78, 5) is 2.70. The van der Waals surface area contributed by atoms with Crippen molar-refractivity contribution in [1.82, 2.24) is 4.90 Å².